The minimum Gasteiger partial charge on any atom is -0.265 e. The van der Waals surface area contributed by atoms with Gasteiger partial charge in [-0.25, -0.2) is 14.6 Å². The lowest BCUT2D eigenvalue weighted by Gasteiger charge is -2.21. The summed E-state index contributed by atoms with van der Waals surface area (Å²) in [6.45, 7) is 0. The molecule has 0 heterocycles. The largest absolute Gasteiger partial charge is 0.437 e. The molecule has 0 saturated carbocycles. The first-order valence-electron chi connectivity index (χ1n) is 4.34. The first-order chi connectivity index (χ1) is 7.84. The van der Waals surface area contributed by atoms with Crippen molar-refractivity contribution >= 4 is 5.91 Å². The summed E-state index contributed by atoms with van der Waals surface area (Å²) in [6, 6.07) is 7.02. The Morgan fingerprint density at radius 1 is 1.29 bits per heavy atom. The van der Waals surface area contributed by atoms with Crippen LogP contribution < -0.4 is 5.84 Å². The average Bonchev–Trinajstić information content (AvgIpc) is 2.28. The van der Waals surface area contributed by atoms with Gasteiger partial charge in [-0.2, -0.15) is 13.6 Å². The number of amides is 1. The van der Waals surface area contributed by atoms with Gasteiger partial charge in [-0.3, -0.25) is 4.79 Å². The summed E-state index contributed by atoms with van der Waals surface area (Å²) in [6.07, 6.45) is -8.91. The number of hydrazine groups is 1. The number of hydroxylamine groups is 1. The Labute approximate surface area is 93.5 Å². The van der Waals surface area contributed by atoms with Crippen molar-refractivity contribution < 1.29 is 27.2 Å². The molecule has 1 aromatic rings. The van der Waals surface area contributed by atoms with Crippen molar-refractivity contribution in [2.24, 2.45) is 5.84 Å². The lowest BCUT2D eigenvalue weighted by atomic mass is 10.2. The number of nitrogens with zero attached hydrogens (tertiary/aromatic N) is 1. The summed E-state index contributed by atoms with van der Waals surface area (Å²) in [5.41, 5.74) is -0.0694. The van der Waals surface area contributed by atoms with Crippen LogP contribution in [0.25, 0.3) is 0 Å². The maximum atomic E-state index is 12.4. The fourth-order valence-electron chi connectivity index (χ4n) is 0.920. The van der Waals surface area contributed by atoms with Gasteiger partial charge in [0.25, 0.3) is 5.91 Å². The van der Waals surface area contributed by atoms with E-state index in [1.165, 1.54) is 24.3 Å². The van der Waals surface area contributed by atoms with Crippen LogP contribution in [-0.2, 0) is 4.84 Å². The molecule has 0 aliphatic carbocycles. The molecule has 94 valence electrons. The molecule has 1 amide bonds. The number of carbonyl (C=O) groups is 1. The van der Waals surface area contributed by atoms with E-state index in [4.69, 9.17) is 5.84 Å². The number of halogens is 4. The van der Waals surface area contributed by atoms with E-state index < -0.39 is 23.6 Å². The van der Waals surface area contributed by atoms with Gasteiger partial charge in [0.2, 0.25) is 0 Å². The molecule has 0 fully saturated rings. The number of benzene rings is 1. The Morgan fingerprint density at radius 2 is 1.82 bits per heavy atom. The molecule has 0 atom stereocenters. The van der Waals surface area contributed by atoms with E-state index in [0.29, 0.717) is 0 Å². The zero-order chi connectivity index (χ0) is 13.1. The molecular weight excluding hydrogens is 244 g/mol. The maximum absolute atomic E-state index is 12.4. The van der Waals surface area contributed by atoms with E-state index in [1.807, 2.05) is 0 Å². The molecule has 0 aliphatic heterocycles. The van der Waals surface area contributed by atoms with Gasteiger partial charge in [-0.15, -0.1) is 5.17 Å². The second-order valence-electron chi connectivity index (χ2n) is 2.95. The van der Waals surface area contributed by atoms with E-state index in [-0.39, 0.29) is 5.56 Å². The SMILES string of the molecule is NN(OC(F)(F)C(F)F)C(=O)c1ccccc1. The van der Waals surface area contributed by atoms with E-state index in [0.717, 1.165) is 0 Å². The highest BCUT2D eigenvalue weighted by atomic mass is 19.3. The molecule has 17 heavy (non-hydrogen) atoms. The summed E-state index contributed by atoms with van der Waals surface area (Å²) in [4.78, 5) is 14.7. The number of hydrogen-bond donors (Lipinski definition) is 1. The molecule has 1 rings (SSSR count). The Bertz CT molecular complexity index is 386. The molecule has 8 heteroatoms. The average molecular weight is 252 g/mol. The first kappa shape index (κ1) is 13.4. The van der Waals surface area contributed by atoms with Crippen LogP contribution in [0.2, 0.25) is 0 Å². The van der Waals surface area contributed by atoms with Crippen molar-refractivity contribution in [3.05, 3.63) is 35.9 Å². The van der Waals surface area contributed by atoms with Gasteiger partial charge >= 0.3 is 12.5 Å². The van der Waals surface area contributed by atoms with Crippen LogP contribution in [0.15, 0.2) is 30.3 Å². The third-order valence-electron chi connectivity index (χ3n) is 1.70. The van der Waals surface area contributed by atoms with Crippen molar-refractivity contribution in [2.75, 3.05) is 0 Å². The topological polar surface area (TPSA) is 55.6 Å². The number of carbonyl (C=O) groups excluding carboxylic acids is 1. The number of rotatable bonds is 4. The summed E-state index contributed by atoms with van der Waals surface area (Å²) in [5.74, 6) is 3.66. The lowest BCUT2D eigenvalue weighted by Crippen LogP contribution is -2.46. The molecule has 0 saturated heterocycles. The summed E-state index contributed by atoms with van der Waals surface area (Å²) < 4.78 is 48.4. The molecule has 2 N–H and O–H groups in total. The van der Waals surface area contributed by atoms with Crippen molar-refractivity contribution in [3.63, 3.8) is 0 Å². The third-order valence-corrected chi connectivity index (χ3v) is 1.70. The van der Waals surface area contributed by atoms with E-state index in [9.17, 15) is 22.4 Å². The third kappa shape index (κ3) is 3.40. The van der Waals surface area contributed by atoms with Crippen molar-refractivity contribution in [2.45, 2.75) is 12.5 Å². The minimum absolute atomic E-state index is 0.0694. The van der Waals surface area contributed by atoms with Crippen LogP contribution in [-0.4, -0.2) is 23.6 Å². The fraction of sp³-hybridized carbons (Fsp3) is 0.222. The Kier molecular flexibility index (Phi) is 4.02. The fourth-order valence-corrected chi connectivity index (χ4v) is 0.920. The monoisotopic (exact) mass is 252 g/mol. The molecule has 0 spiro atoms. The molecular formula is C9H8F4N2O2. The number of alkyl halides is 4. The normalized spacial score (nSPS) is 11.6. The number of hydrogen-bond acceptors (Lipinski definition) is 3. The molecule has 0 unspecified atom stereocenters. The Balaban J connectivity index is 2.72. The molecule has 0 bridgehead atoms. The van der Waals surface area contributed by atoms with Crippen LogP contribution in [0.3, 0.4) is 0 Å². The van der Waals surface area contributed by atoms with Crippen LogP contribution in [0.5, 0.6) is 0 Å². The zero-order valence-corrected chi connectivity index (χ0v) is 8.32. The predicted molar refractivity (Wildman–Crippen MR) is 48.8 cm³/mol. The molecule has 4 nitrogen and oxygen atoms in total. The summed E-state index contributed by atoms with van der Waals surface area (Å²) in [7, 11) is 0. The highest BCUT2D eigenvalue weighted by molar-refractivity contribution is 5.93. The van der Waals surface area contributed by atoms with E-state index in [2.05, 4.69) is 4.84 Å². The highest BCUT2D eigenvalue weighted by Crippen LogP contribution is 2.24. The molecule has 0 aromatic heterocycles. The van der Waals surface area contributed by atoms with Crippen LogP contribution in [0.4, 0.5) is 17.6 Å². The van der Waals surface area contributed by atoms with E-state index >= 15 is 0 Å². The molecule has 1 aromatic carbocycles. The summed E-state index contributed by atoms with van der Waals surface area (Å²) >= 11 is 0. The van der Waals surface area contributed by atoms with Gasteiger partial charge in [0.1, 0.15) is 0 Å². The van der Waals surface area contributed by atoms with Crippen LogP contribution in [0, 0.1) is 0 Å². The van der Waals surface area contributed by atoms with Gasteiger partial charge in [0, 0.05) is 5.56 Å². The second kappa shape index (κ2) is 5.11. The Hall–Kier alpha value is -1.67. The second-order valence-corrected chi connectivity index (χ2v) is 2.95. The first-order valence-corrected chi connectivity index (χ1v) is 4.34. The smallest absolute Gasteiger partial charge is 0.265 e. The summed E-state index contributed by atoms with van der Waals surface area (Å²) in [5, 5.41) is -0.415. The van der Waals surface area contributed by atoms with Gasteiger partial charge in [0.05, 0.1) is 0 Å². The van der Waals surface area contributed by atoms with Gasteiger partial charge in [-0.05, 0) is 12.1 Å². The number of nitrogens with two attached hydrogens (primary N) is 1. The van der Waals surface area contributed by atoms with E-state index in [1.54, 1.807) is 6.07 Å². The van der Waals surface area contributed by atoms with Gasteiger partial charge < -0.3 is 0 Å². The highest BCUT2D eigenvalue weighted by Gasteiger charge is 2.45. The minimum atomic E-state index is -4.82. The van der Waals surface area contributed by atoms with Crippen molar-refractivity contribution in [1.29, 1.82) is 0 Å². The van der Waals surface area contributed by atoms with Crippen molar-refractivity contribution in [3.8, 4) is 0 Å². The lowest BCUT2D eigenvalue weighted by molar-refractivity contribution is -0.376. The molecule has 0 radical (unpaired) electrons. The van der Waals surface area contributed by atoms with Crippen molar-refractivity contribution in [1.82, 2.24) is 5.17 Å². The molecule has 0 aliphatic rings. The van der Waals surface area contributed by atoms with Gasteiger partial charge in [-0.1, -0.05) is 18.2 Å². The van der Waals surface area contributed by atoms with Gasteiger partial charge in [0.15, 0.2) is 0 Å². The Morgan fingerprint density at radius 3 is 2.29 bits per heavy atom. The van der Waals surface area contributed by atoms with Crippen LogP contribution >= 0.6 is 0 Å². The quantitative estimate of drug-likeness (QED) is 0.384. The standard InChI is InChI=1S/C9H8F4N2O2/c10-8(11)9(12,13)17-15(14)7(16)6-4-2-1-3-5-6/h1-5,8H,14H2. The zero-order valence-electron chi connectivity index (χ0n) is 8.32. The van der Waals surface area contributed by atoms with Crippen LogP contribution in [0.1, 0.15) is 10.4 Å². The maximum Gasteiger partial charge on any atom is 0.437 e. The predicted octanol–water partition coefficient (Wildman–Crippen LogP) is 1.79.